The number of aromatic hydroxyl groups is 1. The van der Waals surface area contributed by atoms with Crippen molar-refractivity contribution in [3.05, 3.63) is 33.9 Å². The van der Waals surface area contributed by atoms with E-state index in [0.29, 0.717) is 26.2 Å². The fraction of sp³-hybridized carbons (Fsp3) is 0.462. The van der Waals surface area contributed by atoms with Crippen molar-refractivity contribution in [3.63, 3.8) is 0 Å². The van der Waals surface area contributed by atoms with Crippen LogP contribution in [0.4, 0.5) is 5.69 Å². The van der Waals surface area contributed by atoms with Crippen molar-refractivity contribution in [1.29, 1.82) is 0 Å². The number of ether oxygens (including phenoxy) is 1. The summed E-state index contributed by atoms with van der Waals surface area (Å²) < 4.78 is 5.25. The summed E-state index contributed by atoms with van der Waals surface area (Å²) in [5.74, 6) is -1.15. The molecule has 1 rings (SSSR count). The highest BCUT2D eigenvalue weighted by Crippen LogP contribution is 2.28. The first kappa shape index (κ1) is 15.9. The second-order valence-corrected chi connectivity index (χ2v) is 4.15. The third-order valence-corrected chi connectivity index (χ3v) is 2.56. The van der Waals surface area contributed by atoms with E-state index in [0.717, 1.165) is 12.5 Å². The van der Waals surface area contributed by atoms with Crippen LogP contribution in [0.5, 0.6) is 5.75 Å². The second kappa shape index (κ2) is 8.11. The zero-order chi connectivity index (χ0) is 15.0. The quantitative estimate of drug-likeness (QED) is 0.430. The van der Waals surface area contributed by atoms with Gasteiger partial charge in [-0.05, 0) is 18.9 Å². The fourth-order valence-corrected chi connectivity index (χ4v) is 1.58. The highest BCUT2D eigenvalue weighted by molar-refractivity contribution is 5.98. The molecule has 0 bridgehead atoms. The summed E-state index contributed by atoms with van der Waals surface area (Å²) in [6.07, 6.45) is 1.58. The molecule has 0 spiro atoms. The molecular weight excluding hydrogens is 264 g/mol. The topological polar surface area (TPSA) is 102 Å². The Kier molecular flexibility index (Phi) is 6.45. The van der Waals surface area contributed by atoms with Crippen LogP contribution in [0.25, 0.3) is 0 Å². The normalized spacial score (nSPS) is 10.2. The van der Waals surface area contributed by atoms with Gasteiger partial charge in [-0.25, -0.2) is 0 Å². The molecule has 0 aliphatic heterocycles. The lowest BCUT2D eigenvalue weighted by Gasteiger charge is -2.07. The van der Waals surface area contributed by atoms with Crippen molar-refractivity contribution >= 4 is 11.6 Å². The van der Waals surface area contributed by atoms with Crippen LogP contribution in [0.1, 0.15) is 30.1 Å². The van der Waals surface area contributed by atoms with Gasteiger partial charge in [0.2, 0.25) is 5.75 Å². The zero-order valence-electron chi connectivity index (χ0n) is 11.3. The molecule has 110 valence electrons. The average molecular weight is 282 g/mol. The smallest absolute Gasteiger partial charge is 0.311 e. The van der Waals surface area contributed by atoms with Gasteiger partial charge >= 0.3 is 5.69 Å². The zero-order valence-corrected chi connectivity index (χ0v) is 11.3. The molecule has 0 heterocycles. The van der Waals surface area contributed by atoms with Crippen LogP contribution in [0.15, 0.2) is 18.2 Å². The molecule has 7 heteroatoms. The number of para-hydroxylation sites is 1. The van der Waals surface area contributed by atoms with E-state index in [-0.39, 0.29) is 5.56 Å². The van der Waals surface area contributed by atoms with Crippen LogP contribution >= 0.6 is 0 Å². The van der Waals surface area contributed by atoms with Gasteiger partial charge in [0.15, 0.2) is 0 Å². The lowest BCUT2D eigenvalue weighted by atomic mass is 10.1. The predicted molar refractivity (Wildman–Crippen MR) is 72.8 cm³/mol. The highest BCUT2D eigenvalue weighted by atomic mass is 16.6. The summed E-state index contributed by atoms with van der Waals surface area (Å²) in [6.45, 7) is 3.60. The van der Waals surface area contributed by atoms with E-state index >= 15 is 0 Å². The Morgan fingerprint density at radius 3 is 2.85 bits per heavy atom. The molecule has 0 saturated carbocycles. The van der Waals surface area contributed by atoms with Crippen molar-refractivity contribution < 1.29 is 19.6 Å². The number of nitrogens with one attached hydrogen (secondary N) is 1. The van der Waals surface area contributed by atoms with E-state index in [9.17, 15) is 20.0 Å². The van der Waals surface area contributed by atoms with Crippen molar-refractivity contribution in [2.75, 3.05) is 19.8 Å². The number of phenols is 1. The Morgan fingerprint density at radius 2 is 2.20 bits per heavy atom. The van der Waals surface area contributed by atoms with Gasteiger partial charge in [-0.15, -0.1) is 0 Å². The molecule has 20 heavy (non-hydrogen) atoms. The number of amides is 1. The maximum absolute atomic E-state index is 11.8. The van der Waals surface area contributed by atoms with Crippen LogP contribution in [-0.4, -0.2) is 35.7 Å². The number of benzene rings is 1. The Bertz CT molecular complexity index is 476. The molecule has 0 fully saturated rings. The summed E-state index contributed by atoms with van der Waals surface area (Å²) in [4.78, 5) is 21.7. The summed E-state index contributed by atoms with van der Waals surface area (Å²) in [5, 5.41) is 22.9. The monoisotopic (exact) mass is 282 g/mol. The van der Waals surface area contributed by atoms with Crippen LogP contribution in [0.2, 0.25) is 0 Å². The molecule has 1 aromatic rings. The number of rotatable bonds is 8. The summed E-state index contributed by atoms with van der Waals surface area (Å²) >= 11 is 0. The maximum Gasteiger partial charge on any atom is 0.311 e. The molecular formula is C13H18N2O5. The van der Waals surface area contributed by atoms with E-state index < -0.39 is 22.3 Å². The Labute approximate surface area is 116 Å². The van der Waals surface area contributed by atoms with Gasteiger partial charge in [0.1, 0.15) is 0 Å². The minimum atomic E-state index is -0.731. The highest BCUT2D eigenvalue weighted by Gasteiger charge is 2.20. The molecule has 0 aromatic heterocycles. The van der Waals surface area contributed by atoms with E-state index in [1.807, 2.05) is 6.92 Å². The van der Waals surface area contributed by atoms with E-state index in [4.69, 9.17) is 4.74 Å². The van der Waals surface area contributed by atoms with Crippen molar-refractivity contribution in [3.8, 4) is 5.75 Å². The molecule has 0 aliphatic rings. The molecule has 0 atom stereocenters. The third kappa shape index (κ3) is 4.51. The number of hydrogen-bond donors (Lipinski definition) is 2. The van der Waals surface area contributed by atoms with Crippen LogP contribution < -0.4 is 5.32 Å². The summed E-state index contributed by atoms with van der Waals surface area (Å²) in [6, 6.07) is 3.84. The van der Waals surface area contributed by atoms with Gasteiger partial charge in [-0.2, -0.15) is 0 Å². The van der Waals surface area contributed by atoms with Crippen LogP contribution in [-0.2, 0) is 4.74 Å². The third-order valence-electron chi connectivity index (χ3n) is 2.56. The van der Waals surface area contributed by atoms with Crippen molar-refractivity contribution in [2.24, 2.45) is 0 Å². The van der Waals surface area contributed by atoms with Gasteiger partial charge in [-0.3, -0.25) is 14.9 Å². The van der Waals surface area contributed by atoms with E-state index in [1.54, 1.807) is 0 Å². The lowest BCUT2D eigenvalue weighted by Crippen LogP contribution is -2.25. The van der Waals surface area contributed by atoms with Crippen molar-refractivity contribution in [2.45, 2.75) is 19.8 Å². The molecule has 7 nitrogen and oxygen atoms in total. The fourth-order valence-electron chi connectivity index (χ4n) is 1.58. The number of carbonyl (C=O) groups is 1. The Morgan fingerprint density at radius 1 is 1.45 bits per heavy atom. The summed E-state index contributed by atoms with van der Waals surface area (Å²) in [5.41, 5.74) is -0.586. The minimum Gasteiger partial charge on any atom is -0.502 e. The number of nitrogens with zero attached hydrogens (tertiary/aromatic N) is 1. The average Bonchev–Trinajstić information content (AvgIpc) is 2.42. The van der Waals surface area contributed by atoms with Gasteiger partial charge in [0.25, 0.3) is 5.91 Å². The molecule has 0 radical (unpaired) electrons. The summed E-state index contributed by atoms with van der Waals surface area (Å²) in [7, 11) is 0. The predicted octanol–water partition coefficient (Wildman–Crippen LogP) is 1.85. The van der Waals surface area contributed by atoms with Crippen LogP contribution in [0, 0.1) is 10.1 Å². The first-order chi connectivity index (χ1) is 9.57. The largest absolute Gasteiger partial charge is 0.502 e. The standard InChI is InChI=1S/C13H18N2O5/c1-2-8-20-9-4-7-14-13(17)10-5-3-6-11(12(10)16)15(18)19/h3,5-6,16H,2,4,7-9H2,1H3,(H,14,17). The molecule has 1 amide bonds. The van der Waals surface area contributed by atoms with Gasteiger partial charge in [0, 0.05) is 25.8 Å². The Hall–Kier alpha value is -2.15. The van der Waals surface area contributed by atoms with Gasteiger partial charge in [0.05, 0.1) is 10.5 Å². The number of phenolic OH excluding ortho intramolecular Hbond substituents is 1. The molecule has 2 N–H and O–H groups in total. The SMILES string of the molecule is CCCOCCCNC(=O)c1cccc([N+](=O)[O-])c1O. The minimum absolute atomic E-state index is 0.103. The number of nitro benzene ring substituents is 1. The maximum atomic E-state index is 11.8. The van der Waals surface area contributed by atoms with Gasteiger partial charge in [-0.1, -0.05) is 13.0 Å². The second-order valence-electron chi connectivity index (χ2n) is 4.15. The lowest BCUT2D eigenvalue weighted by molar-refractivity contribution is -0.385. The molecule has 0 unspecified atom stereocenters. The van der Waals surface area contributed by atoms with E-state index in [2.05, 4.69) is 5.32 Å². The molecule has 1 aromatic carbocycles. The Balaban J connectivity index is 2.52. The number of nitro groups is 1. The van der Waals surface area contributed by atoms with E-state index in [1.165, 1.54) is 12.1 Å². The number of hydrogen-bond acceptors (Lipinski definition) is 5. The number of carbonyl (C=O) groups excluding carboxylic acids is 1. The first-order valence-corrected chi connectivity index (χ1v) is 6.40. The van der Waals surface area contributed by atoms with Crippen LogP contribution in [0.3, 0.4) is 0 Å². The molecule has 0 aliphatic carbocycles. The van der Waals surface area contributed by atoms with Gasteiger partial charge < -0.3 is 15.2 Å². The van der Waals surface area contributed by atoms with Crippen molar-refractivity contribution in [1.82, 2.24) is 5.32 Å². The molecule has 0 saturated heterocycles. The first-order valence-electron chi connectivity index (χ1n) is 6.40.